The predicted octanol–water partition coefficient (Wildman–Crippen LogP) is 0.00740. The van der Waals surface area contributed by atoms with Gasteiger partial charge in [0, 0.05) is 11.6 Å². The second-order valence-electron chi connectivity index (χ2n) is 2.98. The number of nitrogens with one attached hydrogen (secondary N) is 2. The van der Waals surface area contributed by atoms with Crippen molar-refractivity contribution in [2.45, 2.75) is 12.5 Å². The van der Waals surface area contributed by atoms with Crippen LogP contribution in [0.4, 0.5) is 0 Å². The molecule has 1 heterocycles. The van der Waals surface area contributed by atoms with E-state index in [0.717, 1.165) is 12.1 Å². The molecule has 0 spiro atoms. The van der Waals surface area contributed by atoms with Gasteiger partial charge in [0.15, 0.2) is 0 Å². The summed E-state index contributed by atoms with van der Waals surface area (Å²) in [6.45, 7) is 0. The van der Waals surface area contributed by atoms with Gasteiger partial charge >= 0.3 is 5.97 Å². The number of aliphatic carboxylic acids is 1. The lowest BCUT2D eigenvalue weighted by Gasteiger charge is -2.14. The van der Waals surface area contributed by atoms with E-state index >= 15 is 0 Å². The molecule has 0 aromatic rings. The summed E-state index contributed by atoms with van der Waals surface area (Å²) in [5.41, 5.74) is 6.59. The highest BCUT2D eigenvalue weighted by molar-refractivity contribution is 5.75. The third-order valence-electron chi connectivity index (χ3n) is 2.24. The molecule has 4 heteroatoms. The molecule has 0 aromatic heterocycles. The van der Waals surface area contributed by atoms with Crippen LogP contribution in [0, 0.1) is 5.92 Å². The molecule has 0 bridgehead atoms. The Morgan fingerprint density at radius 1 is 1.67 bits per heavy atom. The van der Waals surface area contributed by atoms with Gasteiger partial charge in [0.05, 0.1) is 0 Å². The van der Waals surface area contributed by atoms with E-state index in [1.54, 1.807) is 0 Å². The summed E-state index contributed by atoms with van der Waals surface area (Å²) >= 11 is 0. The van der Waals surface area contributed by atoms with Crippen molar-refractivity contribution >= 4 is 5.97 Å². The van der Waals surface area contributed by atoms with Crippen molar-refractivity contribution in [1.29, 1.82) is 0 Å². The summed E-state index contributed by atoms with van der Waals surface area (Å²) in [5.74, 6) is -0.723. The molecule has 0 saturated carbocycles. The summed E-state index contributed by atoms with van der Waals surface area (Å²) < 4.78 is 0. The summed E-state index contributed by atoms with van der Waals surface area (Å²) in [5, 5.41) is 8.80. The Hall–Kier alpha value is -1.29. The average molecular weight is 166 g/mol. The molecular weight excluding hydrogens is 156 g/mol. The first-order valence-corrected chi connectivity index (χ1v) is 3.90. The van der Waals surface area contributed by atoms with Crippen molar-refractivity contribution in [2.24, 2.45) is 5.92 Å². The number of carbonyl (C=O) groups is 1. The lowest BCUT2D eigenvalue weighted by atomic mass is 9.92. The van der Waals surface area contributed by atoms with E-state index in [1.807, 2.05) is 18.2 Å². The molecule has 64 valence electrons. The lowest BCUT2D eigenvalue weighted by Crippen LogP contribution is -2.38. The molecule has 2 unspecified atom stereocenters. The second kappa shape index (κ2) is 2.64. The molecule has 2 aliphatic rings. The molecule has 1 aliphatic carbocycles. The summed E-state index contributed by atoms with van der Waals surface area (Å²) in [6, 6.07) is -0.485. The monoisotopic (exact) mass is 166 g/mol. The molecule has 0 radical (unpaired) electrons. The number of fused-ring (bicyclic) bond motifs is 1. The number of carboxylic acids is 1. The minimum Gasteiger partial charge on any atom is -0.480 e. The van der Waals surface area contributed by atoms with Gasteiger partial charge in [-0.3, -0.25) is 4.79 Å². The Morgan fingerprint density at radius 2 is 2.50 bits per heavy atom. The minimum absolute atomic E-state index is 0.0764. The van der Waals surface area contributed by atoms with Gasteiger partial charge in [0.2, 0.25) is 0 Å². The summed E-state index contributed by atoms with van der Waals surface area (Å²) in [7, 11) is 0. The largest absolute Gasteiger partial charge is 0.480 e. The van der Waals surface area contributed by atoms with Gasteiger partial charge in [0.25, 0.3) is 0 Å². The van der Waals surface area contributed by atoms with E-state index in [2.05, 4.69) is 10.9 Å². The molecule has 2 rings (SSSR count). The molecule has 0 amide bonds. The zero-order chi connectivity index (χ0) is 8.55. The fourth-order valence-electron chi connectivity index (χ4n) is 1.59. The van der Waals surface area contributed by atoms with Crippen molar-refractivity contribution in [1.82, 2.24) is 10.9 Å². The zero-order valence-electron chi connectivity index (χ0n) is 6.45. The van der Waals surface area contributed by atoms with Crippen LogP contribution in [-0.2, 0) is 4.79 Å². The Labute approximate surface area is 69.9 Å². The van der Waals surface area contributed by atoms with Crippen LogP contribution in [0.15, 0.2) is 23.9 Å². The third-order valence-corrected chi connectivity index (χ3v) is 2.24. The number of rotatable bonds is 1. The van der Waals surface area contributed by atoms with Gasteiger partial charge in [-0.25, -0.2) is 5.43 Å². The highest BCUT2D eigenvalue weighted by Gasteiger charge is 2.36. The number of hydrazine groups is 1. The Morgan fingerprint density at radius 3 is 3.25 bits per heavy atom. The van der Waals surface area contributed by atoms with E-state index in [0.29, 0.717) is 0 Å². The van der Waals surface area contributed by atoms with E-state index < -0.39 is 12.0 Å². The van der Waals surface area contributed by atoms with Gasteiger partial charge < -0.3 is 10.5 Å². The van der Waals surface area contributed by atoms with Crippen LogP contribution in [-0.4, -0.2) is 17.1 Å². The number of carboxylic acid groups (broad SMARTS) is 1. The predicted molar refractivity (Wildman–Crippen MR) is 43.0 cm³/mol. The fourth-order valence-corrected chi connectivity index (χ4v) is 1.59. The van der Waals surface area contributed by atoms with Crippen LogP contribution in [0.1, 0.15) is 6.42 Å². The lowest BCUT2D eigenvalue weighted by molar-refractivity contribution is -0.140. The second-order valence-corrected chi connectivity index (χ2v) is 2.98. The molecule has 1 fully saturated rings. The maximum absolute atomic E-state index is 10.7. The topological polar surface area (TPSA) is 61.4 Å². The van der Waals surface area contributed by atoms with E-state index in [1.165, 1.54) is 0 Å². The molecule has 1 saturated heterocycles. The minimum atomic E-state index is -0.800. The Balaban J connectivity index is 2.20. The van der Waals surface area contributed by atoms with Crippen LogP contribution < -0.4 is 10.9 Å². The Kier molecular flexibility index (Phi) is 1.62. The van der Waals surface area contributed by atoms with Crippen LogP contribution in [0.3, 0.4) is 0 Å². The molecule has 2 atom stereocenters. The fraction of sp³-hybridized carbons (Fsp3) is 0.375. The zero-order valence-corrected chi connectivity index (χ0v) is 6.45. The van der Waals surface area contributed by atoms with Gasteiger partial charge in [-0.2, -0.15) is 0 Å². The molecule has 0 aromatic carbocycles. The number of hydrogen-bond acceptors (Lipinski definition) is 3. The third kappa shape index (κ3) is 1.00. The van der Waals surface area contributed by atoms with Crippen molar-refractivity contribution in [2.75, 3.05) is 0 Å². The molecular formula is C8H10N2O2. The van der Waals surface area contributed by atoms with Gasteiger partial charge in [-0.15, -0.1) is 0 Å². The summed E-state index contributed by atoms with van der Waals surface area (Å²) in [4.78, 5) is 10.7. The molecule has 1 aliphatic heterocycles. The SMILES string of the molecule is O=C(O)C1NNC2=CC=CCC21. The van der Waals surface area contributed by atoms with Crippen molar-refractivity contribution in [3.63, 3.8) is 0 Å². The average Bonchev–Trinajstić information content (AvgIpc) is 2.47. The number of hydrogen-bond donors (Lipinski definition) is 3. The van der Waals surface area contributed by atoms with Crippen LogP contribution in [0.5, 0.6) is 0 Å². The van der Waals surface area contributed by atoms with E-state index in [-0.39, 0.29) is 5.92 Å². The standard InChI is InChI=1S/C8H10N2O2/c11-8(12)7-5-3-1-2-4-6(5)9-10-7/h1-2,4-5,7,9-10H,3H2,(H,11,12). The normalized spacial score (nSPS) is 32.2. The van der Waals surface area contributed by atoms with Crippen molar-refractivity contribution in [3.05, 3.63) is 23.9 Å². The van der Waals surface area contributed by atoms with E-state index in [4.69, 9.17) is 5.11 Å². The van der Waals surface area contributed by atoms with E-state index in [9.17, 15) is 4.79 Å². The maximum Gasteiger partial charge on any atom is 0.323 e. The first-order chi connectivity index (χ1) is 5.79. The molecule has 4 nitrogen and oxygen atoms in total. The van der Waals surface area contributed by atoms with Crippen molar-refractivity contribution < 1.29 is 9.90 Å². The molecule has 3 N–H and O–H groups in total. The van der Waals surface area contributed by atoms with Crippen LogP contribution in [0.2, 0.25) is 0 Å². The highest BCUT2D eigenvalue weighted by Crippen LogP contribution is 2.25. The van der Waals surface area contributed by atoms with Crippen LogP contribution in [0.25, 0.3) is 0 Å². The Bertz CT molecular complexity index is 270. The highest BCUT2D eigenvalue weighted by atomic mass is 16.4. The smallest absolute Gasteiger partial charge is 0.323 e. The van der Waals surface area contributed by atoms with Gasteiger partial charge in [0.1, 0.15) is 6.04 Å². The quantitative estimate of drug-likeness (QED) is 0.513. The number of allylic oxidation sites excluding steroid dienone is 3. The van der Waals surface area contributed by atoms with Gasteiger partial charge in [-0.1, -0.05) is 12.2 Å². The van der Waals surface area contributed by atoms with Crippen LogP contribution >= 0.6 is 0 Å². The van der Waals surface area contributed by atoms with Crippen molar-refractivity contribution in [3.8, 4) is 0 Å². The summed E-state index contributed by atoms with van der Waals surface area (Å²) in [6.07, 6.45) is 6.62. The first-order valence-electron chi connectivity index (χ1n) is 3.90. The molecule has 12 heavy (non-hydrogen) atoms. The maximum atomic E-state index is 10.7. The van der Waals surface area contributed by atoms with Gasteiger partial charge in [-0.05, 0) is 12.5 Å². The first kappa shape index (κ1) is 7.36.